The number of aromatic nitrogens is 3. The summed E-state index contributed by atoms with van der Waals surface area (Å²) in [5.74, 6) is 1.73. The minimum atomic E-state index is -0.0778. The first-order valence-electron chi connectivity index (χ1n) is 6.65. The van der Waals surface area contributed by atoms with Gasteiger partial charge in [0, 0.05) is 11.3 Å². The van der Waals surface area contributed by atoms with Gasteiger partial charge >= 0.3 is 0 Å². The zero-order chi connectivity index (χ0) is 15.2. The highest BCUT2D eigenvalue weighted by molar-refractivity contribution is 7.99. The molecule has 6 nitrogen and oxygen atoms in total. The van der Waals surface area contributed by atoms with E-state index in [4.69, 9.17) is 4.42 Å². The molecule has 0 atom stereocenters. The van der Waals surface area contributed by atoms with Crippen LogP contribution in [-0.4, -0.2) is 26.8 Å². The minimum absolute atomic E-state index is 0.0778. The van der Waals surface area contributed by atoms with Crippen LogP contribution >= 0.6 is 23.1 Å². The topological polar surface area (TPSA) is 83.8 Å². The Morgan fingerprint density at radius 2 is 2.36 bits per heavy atom. The van der Waals surface area contributed by atoms with E-state index in [1.165, 1.54) is 16.6 Å². The van der Waals surface area contributed by atoms with Crippen LogP contribution < -0.4 is 5.32 Å². The molecule has 1 amide bonds. The van der Waals surface area contributed by atoms with Crippen molar-refractivity contribution in [1.82, 2.24) is 20.5 Å². The molecule has 0 spiro atoms. The molecule has 0 fully saturated rings. The first-order chi connectivity index (χ1) is 10.8. The molecule has 0 saturated carbocycles. The molecule has 2 N–H and O–H groups in total. The van der Waals surface area contributed by atoms with Gasteiger partial charge in [0.05, 0.1) is 18.6 Å². The molecular weight excluding hydrogens is 320 g/mol. The fourth-order valence-corrected chi connectivity index (χ4v) is 3.14. The van der Waals surface area contributed by atoms with Crippen LogP contribution in [0.1, 0.15) is 16.5 Å². The number of nitrogens with one attached hydrogen (secondary N) is 2. The van der Waals surface area contributed by atoms with E-state index < -0.39 is 0 Å². The molecule has 22 heavy (non-hydrogen) atoms. The molecule has 3 aromatic heterocycles. The van der Waals surface area contributed by atoms with Crippen molar-refractivity contribution in [2.45, 2.75) is 18.1 Å². The number of amides is 1. The summed E-state index contributed by atoms with van der Waals surface area (Å²) >= 11 is 2.99. The SMILES string of the molecule is O=C(CSc1n[nH]c(Cc2cccs2)n1)NCc1ccco1. The maximum atomic E-state index is 11.7. The van der Waals surface area contributed by atoms with Crippen LogP contribution in [0.15, 0.2) is 45.5 Å². The van der Waals surface area contributed by atoms with Gasteiger partial charge in [0.2, 0.25) is 11.1 Å². The zero-order valence-electron chi connectivity index (χ0n) is 11.6. The molecule has 0 aliphatic rings. The van der Waals surface area contributed by atoms with Crippen LogP contribution in [0.25, 0.3) is 0 Å². The average molecular weight is 334 g/mol. The first-order valence-corrected chi connectivity index (χ1v) is 8.51. The monoisotopic (exact) mass is 334 g/mol. The maximum Gasteiger partial charge on any atom is 0.230 e. The molecule has 0 aliphatic carbocycles. The summed E-state index contributed by atoms with van der Waals surface area (Å²) in [6.45, 7) is 0.393. The van der Waals surface area contributed by atoms with Gasteiger partial charge in [-0.05, 0) is 23.6 Å². The molecular formula is C14H14N4O2S2. The molecule has 0 unspecified atom stereocenters. The van der Waals surface area contributed by atoms with E-state index >= 15 is 0 Å². The third-order valence-corrected chi connectivity index (χ3v) is 4.53. The van der Waals surface area contributed by atoms with Gasteiger partial charge in [-0.2, -0.15) is 0 Å². The highest BCUT2D eigenvalue weighted by Crippen LogP contribution is 2.16. The summed E-state index contributed by atoms with van der Waals surface area (Å²) in [4.78, 5) is 17.3. The Bertz CT molecular complexity index is 707. The Labute approximate surface area is 135 Å². The van der Waals surface area contributed by atoms with E-state index in [-0.39, 0.29) is 11.7 Å². The summed E-state index contributed by atoms with van der Waals surface area (Å²) in [6, 6.07) is 7.68. The van der Waals surface area contributed by atoms with Crippen molar-refractivity contribution >= 4 is 29.0 Å². The second kappa shape index (κ2) is 7.28. The van der Waals surface area contributed by atoms with Crippen LogP contribution in [0, 0.1) is 0 Å². The predicted octanol–water partition coefficient (Wildman–Crippen LogP) is 2.46. The van der Waals surface area contributed by atoms with E-state index in [2.05, 4.69) is 26.6 Å². The Morgan fingerprint density at radius 1 is 1.41 bits per heavy atom. The summed E-state index contributed by atoms with van der Waals surface area (Å²) in [6.07, 6.45) is 2.31. The maximum absolute atomic E-state index is 11.7. The van der Waals surface area contributed by atoms with E-state index in [0.29, 0.717) is 11.7 Å². The molecule has 0 aliphatic heterocycles. The highest BCUT2D eigenvalue weighted by atomic mass is 32.2. The van der Waals surface area contributed by atoms with Gasteiger partial charge in [0.1, 0.15) is 11.6 Å². The first kappa shape index (κ1) is 14.9. The quantitative estimate of drug-likeness (QED) is 0.649. The van der Waals surface area contributed by atoms with Crippen LogP contribution in [0.5, 0.6) is 0 Å². The van der Waals surface area contributed by atoms with Crippen LogP contribution in [-0.2, 0) is 17.8 Å². The lowest BCUT2D eigenvalue weighted by molar-refractivity contribution is -0.118. The lowest BCUT2D eigenvalue weighted by Crippen LogP contribution is -2.24. The van der Waals surface area contributed by atoms with Crippen molar-refractivity contribution in [2.24, 2.45) is 0 Å². The van der Waals surface area contributed by atoms with E-state index in [1.807, 2.05) is 17.5 Å². The highest BCUT2D eigenvalue weighted by Gasteiger charge is 2.09. The summed E-state index contributed by atoms with van der Waals surface area (Å²) < 4.78 is 5.15. The standard InChI is InChI=1S/C14H14N4O2S2/c19-13(15-8-10-3-1-5-20-10)9-22-14-16-12(17-18-14)7-11-4-2-6-21-11/h1-6H,7-9H2,(H,15,19)(H,16,17,18). The molecule has 0 bridgehead atoms. The number of H-pyrrole nitrogens is 1. The van der Waals surface area contributed by atoms with Crippen molar-refractivity contribution in [1.29, 1.82) is 0 Å². The van der Waals surface area contributed by atoms with Crippen LogP contribution in [0.4, 0.5) is 0 Å². The van der Waals surface area contributed by atoms with Crippen molar-refractivity contribution < 1.29 is 9.21 Å². The summed E-state index contributed by atoms with van der Waals surface area (Å²) in [7, 11) is 0. The summed E-state index contributed by atoms with van der Waals surface area (Å²) in [5, 5.41) is 12.4. The molecule has 0 aromatic carbocycles. The fraction of sp³-hybridized carbons (Fsp3) is 0.214. The predicted molar refractivity (Wildman–Crippen MR) is 84.8 cm³/mol. The second-order valence-corrected chi connectivity index (χ2v) is 6.44. The number of hydrogen-bond donors (Lipinski definition) is 2. The smallest absolute Gasteiger partial charge is 0.230 e. The molecule has 8 heteroatoms. The Morgan fingerprint density at radius 3 is 3.14 bits per heavy atom. The van der Waals surface area contributed by atoms with Crippen molar-refractivity contribution in [3.05, 3.63) is 52.4 Å². The van der Waals surface area contributed by atoms with Gasteiger partial charge in [-0.25, -0.2) is 4.98 Å². The lowest BCUT2D eigenvalue weighted by Gasteiger charge is -2.01. The molecule has 3 heterocycles. The third-order valence-electron chi connectivity index (χ3n) is 2.81. The van der Waals surface area contributed by atoms with E-state index in [9.17, 15) is 4.79 Å². The number of thiophene rings is 1. The average Bonchev–Trinajstić information content (AvgIpc) is 3.26. The van der Waals surface area contributed by atoms with E-state index in [0.717, 1.165) is 18.0 Å². The van der Waals surface area contributed by atoms with Crippen LogP contribution in [0.3, 0.4) is 0 Å². The number of thioether (sulfide) groups is 1. The number of aromatic amines is 1. The Balaban J connectivity index is 1.43. The van der Waals surface area contributed by atoms with Gasteiger partial charge in [-0.3, -0.25) is 9.89 Å². The molecule has 3 rings (SSSR count). The number of furan rings is 1. The molecule has 3 aromatic rings. The third kappa shape index (κ3) is 4.22. The van der Waals surface area contributed by atoms with E-state index in [1.54, 1.807) is 23.7 Å². The normalized spacial score (nSPS) is 10.7. The number of rotatable bonds is 7. The van der Waals surface area contributed by atoms with Gasteiger partial charge < -0.3 is 9.73 Å². The Hall–Kier alpha value is -2.06. The van der Waals surface area contributed by atoms with Crippen molar-refractivity contribution in [3.63, 3.8) is 0 Å². The minimum Gasteiger partial charge on any atom is -0.467 e. The molecule has 0 saturated heterocycles. The molecule has 114 valence electrons. The Kier molecular flexibility index (Phi) is 4.92. The van der Waals surface area contributed by atoms with Crippen molar-refractivity contribution in [2.75, 3.05) is 5.75 Å². The van der Waals surface area contributed by atoms with Gasteiger partial charge in [-0.15, -0.1) is 16.4 Å². The van der Waals surface area contributed by atoms with Gasteiger partial charge in [-0.1, -0.05) is 17.8 Å². The van der Waals surface area contributed by atoms with Crippen molar-refractivity contribution in [3.8, 4) is 0 Å². The van der Waals surface area contributed by atoms with Gasteiger partial charge in [0.25, 0.3) is 0 Å². The van der Waals surface area contributed by atoms with Crippen LogP contribution in [0.2, 0.25) is 0 Å². The number of nitrogens with zero attached hydrogens (tertiary/aromatic N) is 2. The number of carbonyl (C=O) groups is 1. The summed E-state index contributed by atoms with van der Waals surface area (Å²) in [5.41, 5.74) is 0. The number of carbonyl (C=O) groups excluding carboxylic acids is 1. The number of hydrogen-bond acceptors (Lipinski definition) is 6. The fourth-order valence-electron chi connectivity index (χ4n) is 1.78. The zero-order valence-corrected chi connectivity index (χ0v) is 13.2. The lowest BCUT2D eigenvalue weighted by atomic mass is 10.3. The molecule has 0 radical (unpaired) electrons. The van der Waals surface area contributed by atoms with Gasteiger partial charge in [0.15, 0.2) is 0 Å². The second-order valence-electron chi connectivity index (χ2n) is 4.47. The largest absolute Gasteiger partial charge is 0.467 e.